The van der Waals surface area contributed by atoms with Gasteiger partial charge in [0.1, 0.15) is 5.82 Å². The average Bonchev–Trinajstić information content (AvgIpc) is 2.90. The third-order valence-electron chi connectivity index (χ3n) is 3.74. The molecule has 1 atom stereocenters. The average molecular weight is 296 g/mol. The van der Waals surface area contributed by atoms with Crippen molar-refractivity contribution < 1.29 is 9.51 Å². The van der Waals surface area contributed by atoms with Gasteiger partial charge in [0, 0.05) is 17.0 Å². The Hall–Kier alpha value is -2.81. The second kappa shape index (κ2) is 4.88. The number of nitrogens with one attached hydrogen (secondary N) is 2. The second-order valence-corrected chi connectivity index (χ2v) is 6.36. The maximum Gasteiger partial charge on any atom is 0.234 e. The van der Waals surface area contributed by atoms with Gasteiger partial charge in [0.2, 0.25) is 5.88 Å². The molecule has 0 spiro atoms. The zero-order chi connectivity index (χ0) is 15.9. The van der Waals surface area contributed by atoms with Crippen LogP contribution in [0, 0.1) is 11.3 Å². The number of allylic oxidation sites excluding steroid dienone is 1. The predicted octanol–water partition coefficient (Wildman–Crippen LogP) is 2.04. The molecule has 0 radical (unpaired) electrons. The van der Waals surface area contributed by atoms with E-state index in [4.69, 9.17) is 10.3 Å². The number of aromatic amines is 1. The predicted molar refractivity (Wildman–Crippen MR) is 80.5 cm³/mol. The van der Waals surface area contributed by atoms with Crippen LogP contribution in [-0.4, -0.2) is 5.16 Å². The smallest absolute Gasteiger partial charge is 0.234 e. The van der Waals surface area contributed by atoms with Crippen LogP contribution >= 0.6 is 0 Å². The first-order chi connectivity index (χ1) is 10.4. The van der Waals surface area contributed by atoms with Crippen molar-refractivity contribution in [3.63, 3.8) is 0 Å². The molecule has 22 heavy (non-hydrogen) atoms. The molecule has 2 aromatic heterocycles. The molecule has 0 saturated heterocycles. The molecule has 1 aliphatic rings. The van der Waals surface area contributed by atoms with Crippen LogP contribution < -0.4 is 16.0 Å². The Balaban J connectivity index is 2.27. The Morgan fingerprint density at radius 2 is 2.23 bits per heavy atom. The number of nitrogens with two attached hydrogens (primary N) is 1. The molecule has 0 fully saturated rings. The van der Waals surface area contributed by atoms with Crippen LogP contribution in [0.15, 0.2) is 40.4 Å². The first kappa shape index (κ1) is 14.1. The maximum atomic E-state index is 9.56. The third-order valence-corrected chi connectivity index (χ3v) is 3.74. The number of rotatable bonds is 1. The van der Waals surface area contributed by atoms with Gasteiger partial charge in [-0.1, -0.05) is 25.9 Å². The standard InChI is InChI=1S/C16H17N5O/c1-16(2,3)13-12-11(9-5-4-6-19-8-9)10(7-17)14(18)20-15(12)22-21-13/h4-6,8,11,20H,18H2,1-3H3/p+1. The molecule has 2 aromatic rings. The minimum Gasteiger partial charge on any atom is -0.384 e. The lowest BCUT2D eigenvalue weighted by atomic mass is 9.78. The summed E-state index contributed by atoms with van der Waals surface area (Å²) >= 11 is 0. The van der Waals surface area contributed by atoms with Crippen molar-refractivity contribution >= 4 is 5.88 Å². The van der Waals surface area contributed by atoms with Crippen LogP contribution in [0.1, 0.15) is 43.5 Å². The molecule has 112 valence electrons. The monoisotopic (exact) mass is 296 g/mol. The Labute approximate surface area is 128 Å². The van der Waals surface area contributed by atoms with Crippen molar-refractivity contribution in [1.82, 2.24) is 5.16 Å². The van der Waals surface area contributed by atoms with Crippen molar-refractivity contribution in [2.45, 2.75) is 32.1 Å². The van der Waals surface area contributed by atoms with Gasteiger partial charge in [-0.05, 0) is 6.07 Å². The van der Waals surface area contributed by atoms with Gasteiger partial charge in [-0.3, -0.25) is 0 Å². The normalized spacial score (nSPS) is 17.6. The van der Waals surface area contributed by atoms with Crippen LogP contribution in [0.2, 0.25) is 0 Å². The van der Waals surface area contributed by atoms with Gasteiger partial charge < -0.3 is 15.6 Å². The van der Waals surface area contributed by atoms with Crippen LogP contribution in [-0.2, 0) is 5.41 Å². The van der Waals surface area contributed by atoms with Crippen molar-refractivity contribution in [2.24, 2.45) is 5.73 Å². The molecule has 6 nitrogen and oxygen atoms in total. The fraction of sp³-hybridized carbons (Fsp3) is 0.312. The maximum absolute atomic E-state index is 9.56. The lowest BCUT2D eigenvalue weighted by molar-refractivity contribution is -0.378. The Morgan fingerprint density at radius 3 is 2.82 bits per heavy atom. The van der Waals surface area contributed by atoms with Gasteiger partial charge in [-0.15, -0.1) is 0 Å². The van der Waals surface area contributed by atoms with Crippen LogP contribution in [0.25, 0.3) is 0 Å². The molecule has 3 rings (SSSR count). The van der Waals surface area contributed by atoms with Gasteiger partial charge in [-0.2, -0.15) is 5.26 Å². The quantitative estimate of drug-likeness (QED) is 0.838. The highest BCUT2D eigenvalue weighted by atomic mass is 16.5. The lowest BCUT2D eigenvalue weighted by Crippen LogP contribution is -2.25. The van der Waals surface area contributed by atoms with E-state index in [0.717, 1.165) is 16.8 Å². The number of fused-ring (bicyclic) bond motifs is 1. The number of hydrogen-bond donors (Lipinski definition) is 2. The van der Waals surface area contributed by atoms with Crippen LogP contribution in [0.3, 0.4) is 0 Å². The lowest BCUT2D eigenvalue weighted by Gasteiger charge is -2.26. The van der Waals surface area contributed by atoms with E-state index < -0.39 is 0 Å². The largest absolute Gasteiger partial charge is 0.384 e. The van der Waals surface area contributed by atoms with E-state index in [2.05, 4.69) is 42.3 Å². The van der Waals surface area contributed by atoms with Gasteiger partial charge in [0.05, 0.1) is 28.8 Å². The highest BCUT2D eigenvalue weighted by Crippen LogP contribution is 2.44. The molecule has 1 aliphatic heterocycles. The van der Waals surface area contributed by atoms with Crippen LogP contribution in [0.4, 0.5) is 5.88 Å². The Bertz CT molecular complexity index is 777. The summed E-state index contributed by atoms with van der Waals surface area (Å²) < 4.78 is 5.43. The number of nitriles is 1. The zero-order valence-corrected chi connectivity index (χ0v) is 12.8. The summed E-state index contributed by atoms with van der Waals surface area (Å²) in [6.45, 7) is 6.19. The summed E-state index contributed by atoms with van der Waals surface area (Å²) in [7, 11) is 0. The molecule has 6 heteroatoms. The second-order valence-electron chi connectivity index (χ2n) is 6.36. The molecular formula is C16H18N5O+. The Morgan fingerprint density at radius 1 is 1.45 bits per heavy atom. The number of aromatic nitrogens is 2. The molecule has 3 heterocycles. The van der Waals surface area contributed by atoms with E-state index in [0.29, 0.717) is 17.3 Å². The van der Waals surface area contributed by atoms with E-state index in [-0.39, 0.29) is 11.3 Å². The van der Waals surface area contributed by atoms with Crippen molar-refractivity contribution in [3.8, 4) is 6.07 Å². The molecule has 0 amide bonds. The number of hydrogen-bond acceptors (Lipinski definition) is 5. The summed E-state index contributed by atoms with van der Waals surface area (Å²) in [6.07, 6.45) is 3.69. The van der Waals surface area contributed by atoms with Gasteiger partial charge in [0.15, 0.2) is 12.4 Å². The number of anilines is 1. The first-order valence-corrected chi connectivity index (χ1v) is 7.06. The summed E-state index contributed by atoms with van der Waals surface area (Å²) in [4.78, 5) is 3.05. The minimum absolute atomic E-state index is 0.206. The van der Waals surface area contributed by atoms with Crippen LogP contribution in [0.5, 0.6) is 0 Å². The summed E-state index contributed by atoms with van der Waals surface area (Å²) in [6, 6.07) is 6.07. The summed E-state index contributed by atoms with van der Waals surface area (Å²) in [5.74, 6) is 0.523. The summed E-state index contributed by atoms with van der Waals surface area (Å²) in [5, 5.41) is 16.7. The molecule has 0 aromatic carbocycles. The van der Waals surface area contributed by atoms with E-state index in [1.807, 2.05) is 24.5 Å². The highest BCUT2D eigenvalue weighted by molar-refractivity contribution is 5.64. The van der Waals surface area contributed by atoms with E-state index in [1.54, 1.807) is 0 Å². The van der Waals surface area contributed by atoms with Gasteiger partial charge >= 0.3 is 0 Å². The number of H-pyrrole nitrogens is 1. The SMILES string of the molecule is CC(C)(C)c1noc2c1C(c1ccc[nH+]c1)C(C#N)=C(N)N2. The van der Waals surface area contributed by atoms with Crippen molar-refractivity contribution in [1.29, 1.82) is 5.26 Å². The zero-order valence-electron chi connectivity index (χ0n) is 12.8. The minimum atomic E-state index is -0.292. The fourth-order valence-corrected chi connectivity index (χ4v) is 2.73. The van der Waals surface area contributed by atoms with Crippen molar-refractivity contribution in [3.05, 3.63) is 52.7 Å². The molecule has 0 saturated carbocycles. The van der Waals surface area contributed by atoms with Gasteiger partial charge in [0.25, 0.3) is 0 Å². The molecule has 0 bridgehead atoms. The summed E-state index contributed by atoms with van der Waals surface area (Å²) in [5.41, 5.74) is 8.90. The van der Waals surface area contributed by atoms with Gasteiger partial charge in [-0.25, -0.2) is 4.98 Å². The Kier molecular flexibility index (Phi) is 3.14. The molecule has 4 N–H and O–H groups in total. The fourth-order valence-electron chi connectivity index (χ4n) is 2.73. The highest BCUT2D eigenvalue weighted by Gasteiger charge is 2.38. The molecular weight excluding hydrogens is 278 g/mol. The topological polar surface area (TPSA) is 102 Å². The van der Waals surface area contributed by atoms with E-state index in [9.17, 15) is 5.26 Å². The van der Waals surface area contributed by atoms with E-state index >= 15 is 0 Å². The molecule has 1 unspecified atom stereocenters. The first-order valence-electron chi connectivity index (χ1n) is 7.06. The number of nitrogens with zero attached hydrogens (tertiary/aromatic N) is 2. The number of pyridine rings is 1. The third kappa shape index (κ3) is 2.11. The van der Waals surface area contributed by atoms with Crippen molar-refractivity contribution in [2.75, 3.05) is 5.32 Å². The molecule has 0 aliphatic carbocycles. The van der Waals surface area contributed by atoms with E-state index in [1.165, 1.54) is 0 Å².